The van der Waals surface area contributed by atoms with Crippen molar-refractivity contribution in [3.8, 4) is 0 Å². The molecular weight excluding hydrogens is 279 g/mol. The van der Waals surface area contributed by atoms with E-state index in [1.807, 2.05) is 0 Å². The number of rotatable bonds is 1. The first kappa shape index (κ1) is 12.8. The molecule has 5 nitrogen and oxygen atoms in total. The maximum atomic E-state index is 12.7. The molecule has 0 saturated heterocycles. The summed E-state index contributed by atoms with van der Waals surface area (Å²) in [4.78, 5) is 0.167. The maximum Gasteiger partial charge on any atom is 0.453 e. The quantitative estimate of drug-likeness (QED) is 0.874. The summed E-state index contributed by atoms with van der Waals surface area (Å²) in [5.74, 6) is -1.05. The molecule has 0 spiro atoms. The van der Waals surface area contributed by atoms with Crippen molar-refractivity contribution in [3.05, 3.63) is 10.8 Å². The van der Waals surface area contributed by atoms with E-state index < -0.39 is 12.0 Å². The molecule has 1 aliphatic carbocycles. The number of alkyl halides is 3. The Morgan fingerprint density at radius 2 is 1.95 bits per heavy atom. The zero-order valence-electron chi connectivity index (χ0n) is 9.89. The molecule has 0 amide bonds. The minimum Gasteiger partial charge on any atom is -0.327 e. The van der Waals surface area contributed by atoms with Crippen LogP contribution in [0.15, 0.2) is 0 Å². The third kappa shape index (κ3) is 2.20. The van der Waals surface area contributed by atoms with Crippen molar-refractivity contribution in [1.29, 1.82) is 0 Å². The third-order valence-corrected chi connectivity index (χ3v) is 4.43. The Kier molecular flexibility index (Phi) is 2.97. The highest BCUT2D eigenvalue weighted by Crippen LogP contribution is 2.35. The van der Waals surface area contributed by atoms with Crippen LogP contribution in [-0.4, -0.2) is 25.9 Å². The molecule has 2 atom stereocenters. The Bertz CT molecular complexity index is 590. The molecule has 9 heteroatoms. The van der Waals surface area contributed by atoms with Crippen LogP contribution in [0, 0.1) is 0 Å². The highest BCUT2D eigenvalue weighted by Gasteiger charge is 2.39. The Balaban J connectivity index is 2.00. The van der Waals surface area contributed by atoms with Crippen LogP contribution in [0.1, 0.15) is 42.4 Å². The summed E-state index contributed by atoms with van der Waals surface area (Å²) < 4.78 is 38.9. The molecule has 2 unspecified atom stereocenters. The summed E-state index contributed by atoms with van der Waals surface area (Å²) >= 11 is 1.14. The van der Waals surface area contributed by atoms with Gasteiger partial charge in [0.05, 0.1) is 0 Å². The van der Waals surface area contributed by atoms with E-state index in [4.69, 9.17) is 5.73 Å². The van der Waals surface area contributed by atoms with Gasteiger partial charge in [-0.2, -0.15) is 22.8 Å². The molecule has 0 aromatic carbocycles. The van der Waals surface area contributed by atoms with Gasteiger partial charge in [0.1, 0.15) is 5.01 Å². The number of hydrogen-bond acceptors (Lipinski definition) is 5. The van der Waals surface area contributed by atoms with Gasteiger partial charge < -0.3 is 5.73 Å². The molecule has 1 fully saturated rings. The number of hydrogen-bond donors (Lipinski definition) is 1. The van der Waals surface area contributed by atoms with E-state index in [0.29, 0.717) is 5.01 Å². The van der Waals surface area contributed by atoms with Crippen molar-refractivity contribution < 1.29 is 13.2 Å². The predicted molar refractivity (Wildman–Crippen MR) is 62.8 cm³/mol. The molecule has 2 heterocycles. The van der Waals surface area contributed by atoms with Gasteiger partial charge in [0.15, 0.2) is 0 Å². The van der Waals surface area contributed by atoms with Crippen LogP contribution >= 0.6 is 11.3 Å². The van der Waals surface area contributed by atoms with Crippen LogP contribution < -0.4 is 5.73 Å². The fourth-order valence-corrected chi connectivity index (χ4v) is 3.47. The van der Waals surface area contributed by atoms with Gasteiger partial charge in [-0.05, 0) is 12.8 Å². The van der Waals surface area contributed by atoms with E-state index in [0.717, 1.165) is 41.5 Å². The van der Waals surface area contributed by atoms with Crippen LogP contribution in [0.2, 0.25) is 0 Å². The van der Waals surface area contributed by atoms with Gasteiger partial charge in [-0.15, -0.1) is 10.2 Å². The summed E-state index contributed by atoms with van der Waals surface area (Å²) in [6.45, 7) is 0. The lowest BCUT2D eigenvalue weighted by molar-refractivity contribution is -0.146. The number of halogens is 3. The van der Waals surface area contributed by atoms with Crippen molar-refractivity contribution >= 4 is 16.3 Å². The molecule has 0 bridgehead atoms. The van der Waals surface area contributed by atoms with Crippen LogP contribution in [-0.2, 0) is 6.18 Å². The average Bonchev–Trinajstić information content (AvgIpc) is 2.86. The van der Waals surface area contributed by atoms with Gasteiger partial charge in [-0.25, -0.2) is 0 Å². The van der Waals surface area contributed by atoms with Crippen LogP contribution in [0.3, 0.4) is 0 Å². The largest absolute Gasteiger partial charge is 0.453 e. The van der Waals surface area contributed by atoms with Crippen molar-refractivity contribution in [2.45, 2.75) is 43.8 Å². The monoisotopic (exact) mass is 291 g/mol. The molecule has 2 N–H and O–H groups in total. The molecule has 2 aromatic heterocycles. The van der Waals surface area contributed by atoms with Gasteiger partial charge in [0, 0.05) is 12.0 Å². The van der Waals surface area contributed by atoms with E-state index >= 15 is 0 Å². The van der Waals surface area contributed by atoms with Gasteiger partial charge in [0.25, 0.3) is 5.82 Å². The molecule has 1 saturated carbocycles. The van der Waals surface area contributed by atoms with E-state index in [-0.39, 0.29) is 16.9 Å². The van der Waals surface area contributed by atoms with Crippen LogP contribution in [0.25, 0.3) is 4.96 Å². The lowest BCUT2D eigenvalue weighted by Crippen LogP contribution is -2.31. The maximum absolute atomic E-state index is 12.7. The minimum absolute atomic E-state index is 0.0292. The fraction of sp³-hybridized carbons (Fsp3) is 0.700. The Labute approximate surface area is 110 Å². The number of fused-ring (bicyclic) bond motifs is 1. The fourth-order valence-electron chi connectivity index (χ4n) is 2.42. The highest BCUT2D eigenvalue weighted by atomic mass is 32.1. The van der Waals surface area contributed by atoms with Crippen molar-refractivity contribution in [1.82, 2.24) is 19.8 Å². The zero-order valence-corrected chi connectivity index (χ0v) is 10.7. The smallest absolute Gasteiger partial charge is 0.327 e. The molecular formula is C10H12F3N5S. The molecule has 104 valence electrons. The van der Waals surface area contributed by atoms with Crippen LogP contribution in [0.4, 0.5) is 13.2 Å². The highest BCUT2D eigenvalue weighted by molar-refractivity contribution is 7.16. The second kappa shape index (κ2) is 4.41. The molecule has 19 heavy (non-hydrogen) atoms. The van der Waals surface area contributed by atoms with Crippen molar-refractivity contribution in [2.24, 2.45) is 5.73 Å². The van der Waals surface area contributed by atoms with Crippen LogP contribution in [0.5, 0.6) is 0 Å². The number of nitrogens with zero attached hydrogens (tertiary/aromatic N) is 4. The lowest BCUT2D eigenvalue weighted by Gasteiger charge is -2.26. The molecule has 3 rings (SSSR count). The lowest BCUT2D eigenvalue weighted by atomic mass is 9.86. The van der Waals surface area contributed by atoms with Crippen molar-refractivity contribution in [3.63, 3.8) is 0 Å². The zero-order chi connectivity index (χ0) is 13.6. The molecule has 0 radical (unpaired) electrons. The first-order valence-corrected chi connectivity index (χ1v) is 6.83. The van der Waals surface area contributed by atoms with Crippen molar-refractivity contribution in [2.75, 3.05) is 0 Å². The second-order valence-corrected chi connectivity index (χ2v) is 5.70. The number of nitrogens with two attached hydrogens (primary N) is 1. The predicted octanol–water partition coefficient (Wildman–Crippen LogP) is 2.19. The Hall–Kier alpha value is -1.22. The van der Waals surface area contributed by atoms with Gasteiger partial charge in [0.2, 0.25) is 4.96 Å². The van der Waals surface area contributed by atoms with Gasteiger partial charge in [-0.3, -0.25) is 0 Å². The Morgan fingerprint density at radius 1 is 1.21 bits per heavy atom. The standard InChI is InChI=1S/C10H12F3N5S/c11-10(12,13)8-15-16-9-18(8)17-7(19-9)5-3-1-2-4-6(5)14/h5-6H,1-4,14H2. The van der Waals surface area contributed by atoms with E-state index in [2.05, 4.69) is 15.3 Å². The topological polar surface area (TPSA) is 69.1 Å². The van der Waals surface area contributed by atoms with E-state index in [1.165, 1.54) is 0 Å². The average molecular weight is 291 g/mol. The van der Waals surface area contributed by atoms with Gasteiger partial charge >= 0.3 is 6.18 Å². The number of aromatic nitrogens is 4. The SMILES string of the molecule is NC1CCCCC1c1nn2c(C(F)(F)F)nnc2s1. The summed E-state index contributed by atoms with van der Waals surface area (Å²) in [5, 5.41) is 11.3. The normalized spacial score (nSPS) is 25.1. The first-order valence-electron chi connectivity index (χ1n) is 6.02. The van der Waals surface area contributed by atoms with E-state index in [1.54, 1.807) is 0 Å². The summed E-state index contributed by atoms with van der Waals surface area (Å²) in [6.07, 6.45) is -0.691. The second-order valence-electron chi connectivity index (χ2n) is 4.71. The summed E-state index contributed by atoms with van der Waals surface area (Å²) in [6, 6.07) is -0.0353. The third-order valence-electron chi connectivity index (χ3n) is 3.40. The Morgan fingerprint density at radius 3 is 2.63 bits per heavy atom. The molecule has 1 aliphatic rings. The summed E-state index contributed by atoms with van der Waals surface area (Å²) in [7, 11) is 0. The molecule has 2 aromatic rings. The minimum atomic E-state index is -4.54. The molecule has 0 aliphatic heterocycles. The summed E-state index contributed by atoms with van der Waals surface area (Å²) in [5.41, 5.74) is 6.02. The van der Waals surface area contributed by atoms with Gasteiger partial charge in [-0.1, -0.05) is 24.2 Å². The van der Waals surface area contributed by atoms with E-state index in [9.17, 15) is 13.2 Å². The first-order chi connectivity index (χ1) is 8.97.